The fourth-order valence-corrected chi connectivity index (χ4v) is 2.98. The van der Waals surface area contributed by atoms with Crippen molar-refractivity contribution in [3.8, 4) is 0 Å². The van der Waals surface area contributed by atoms with Gasteiger partial charge in [-0.15, -0.1) is 10.2 Å². The maximum absolute atomic E-state index is 13.0. The lowest BCUT2D eigenvalue weighted by Gasteiger charge is -2.22. The monoisotopic (exact) mass is 374 g/mol. The lowest BCUT2D eigenvalue weighted by molar-refractivity contribution is -0.136. The summed E-state index contributed by atoms with van der Waals surface area (Å²) < 4.78 is 15.0. The number of carbonyl (C=O) groups is 2. The molecule has 0 radical (unpaired) electrons. The molecule has 0 saturated carbocycles. The van der Waals surface area contributed by atoms with Crippen LogP contribution in [0.2, 0.25) is 0 Å². The zero-order valence-electron chi connectivity index (χ0n) is 15.3. The van der Waals surface area contributed by atoms with E-state index in [0.29, 0.717) is 18.1 Å². The first-order valence-corrected chi connectivity index (χ1v) is 8.96. The van der Waals surface area contributed by atoms with Gasteiger partial charge in [-0.3, -0.25) is 9.59 Å². The summed E-state index contributed by atoms with van der Waals surface area (Å²) in [5.74, 6) is -0.486. The number of nitrogens with zero attached hydrogens (tertiary/aromatic N) is 3. The van der Waals surface area contributed by atoms with Crippen molar-refractivity contribution >= 4 is 17.5 Å². The van der Waals surface area contributed by atoms with Crippen LogP contribution in [-0.4, -0.2) is 39.7 Å². The molecule has 2 heterocycles. The highest BCUT2D eigenvalue weighted by Crippen LogP contribution is 2.21. The summed E-state index contributed by atoms with van der Waals surface area (Å²) in [6.45, 7) is 6.22. The van der Waals surface area contributed by atoms with Crippen molar-refractivity contribution in [1.82, 2.24) is 25.4 Å². The van der Waals surface area contributed by atoms with Crippen molar-refractivity contribution < 1.29 is 14.0 Å². The molecule has 3 N–H and O–H groups in total. The first-order valence-electron chi connectivity index (χ1n) is 8.96. The average molecular weight is 374 g/mol. The third-order valence-electron chi connectivity index (χ3n) is 4.43. The minimum absolute atomic E-state index is 0.0112. The van der Waals surface area contributed by atoms with Crippen LogP contribution in [0.5, 0.6) is 0 Å². The van der Waals surface area contributed by atoms with Crippen molar-refractivity contribution in [2.24, 2.45) is 5.92 Å². The molecular weight excluding hydrogens is 351 g/mol. The van der Waals surface area contributed by atoms with E-state index in [0.717, 1.165) is 25.3 Å². The van der Waals surface area contributed by atoms with Gasteiger partial charge >= 0.3 is 11.8 Å². The normalized spacial score (nSPS) is 15.0. The van der Waals surface area contributed by atoms with Gasteiger partial charge in [0.05, 0.1) is 6.04 Å². The molecule has 27 heavy (non-hydrogen) atoms. The molecule has 0 aliphatic carbocycles. The number of benzene rings is 1. The minimum Gasteiger partial charge on any atom is -0.338 e. The second-order valence-electron chi connectivity index (χ2n) is 6.78. The van der Waals surface area contributed by atoms with E-state index in [1.54, 1.807) is 0 Å². The molecule has 144 valence electrons. The Morgan fingerprint density at radius 3 is 2.59 bits per heavy atom. The first kappa shape index (κ1) is 19.0. The van der Waals surface area contributed by atoms with Crippen molar-refractivity contribution in [1.29, 1.82) is 0 Å². The predicted octanol–water partition coefficient (Wildman–Crippen LogP) is 1.01. The zero-order chi connectivity index (χ0) is 19.4. The summed E-state index contributed by atoms with van der Waals surface area (Å²) in [7, 11) is 0. The maximum atomic E-state index is 13.0. The Morgan fingerprint density at radius 2 is 1.89 bits per heavy atom. The van der Waals surface area contributed by atoms with Gasteiger partial charge in [-0.25, -0.2) is 4.39 Å². The topological polar surface area (TPSA) is 101 Å². The Labute approximate surface area is 156 Å². The molecule has 8 nitrogen and oxygen atoms in total. The molecule has 2 aromatic rings. The maximum Gasteiger partial charge on any atom is 0.313 e. The molecule has 2 amide bonds. The number of fused-ring (bicyclic) bond motifs is 1. The highest BCUT2D eigenvalue weighted by molar-refractivity contribution is 6.39. The van der Waals surface area contributed by atoms with Crippen LogP contribution < -0.4 is 16.0 Å². The predicted molar refractivity (Wildman–Crippen MR) is 97.3 cm³/mol. The average Bonchev–Trinajstić information content (AvgIpc) is 2.88. The molecule has 9 heteroatoms. The highest BCUT2D eigenvalue weighted by Gasteiger charge is 2.28. The van der Waals surface area contributed by atoms with Crippen LogP contribution in [0.1, 0.15) is 31.5 Å². The highest BCUT2D eigenvalue weighted by atomic mass is 19.1. The van der Waals surface area contributed by atoms with Crippen LogP contribution >= 0.6 is 0 Å². The molecule has 0 bridgehead atoms. The SMILES string of the molecule is CC(C)C(NC(=O)C(=O)Nc1ccc(F)cc1)c1nnc2n1CCNCC2. The van der Waals surface area contributed by atoms with Crippen LogP contribution in [0, 0.1) is 11.7 Å². The van der Waals surface area contributed by atoms with Crippen LogP contribution in [0.25, 0.3) is 0 Å². The van der Waals surface area contributed by atoms with Crippen molar-refractivity contribution in [3.63, 3.8) is 0 Å². The summed E-state index contributed by atoms with van der Waals surface area (Å²) in [6, 6.07) is 4.77. The molecule has 0 fully saturated rings. The summed E-state index contributed by atoms with van der Waals surface area (Å²) in [5, 5.41) is 17.0. The lowest BCUT2D eigenvalue weighted by atomic mass is 10.0. The number of carbonyl (C=O) groups excluding carboxylic acids is 2. The largest absolute Gasteiger partial charge is 0.338 e. The Morgan fingerprint density at radius 1 is 1.15 bits per heavy atom. The van der Waals surface area contributed by atoms with Gasteiger partial charge in [0.2, 0.25) is 0 Å². The fraction of sp³-hybridized carbons (Fsp3) is 0.444. The molecule has 3 rings (SSSR count). The number of halogens is 1. The molecule has 1 aliphatic rings. The van der Waals surface area contributed by atoms with E-state index >= 15 is 0 Å². The summed E-state index contributed by atoms with van der Waals surface area (Å²) in [5.41, 5.74) is 0.347. The van der Waals surface area contributed by atoms with Gasteiger partial charge in [0.15, 0.2) is 5.82 Å². The summed E-state index contributed by atoms with van der Waals surface area (Å²) in [6.07, 6.45) is 0.761. The first-order chi connectivity index (χ1) is 13.0. The van der Waals surface area contributed by atoms with E-state index in [9.17, 15) is 14.0 Å². The van der Waals surface area contributed by atoms with E-state index in [-0.39, 0.29) is 5.92 Å². The number of hydrogen-bond donors (Lipinski definition) is 3. The van der Waals surface area contributed by atoms with Crippen LogP contribution in [0.4, 0.5) is 10.1 Å². The molecule has 0 saturated heterocycles. The van der Waals surface area contributed by atoms with E-state index < -0.39 is 23.7 Å². The van der Waals surface area contributed by atoms with Gasteiger partial charge in [0.1, 0.15) is 11.6 Å². The van der Waals surface area contributed by atoms with Crippen molar-refractivity contribution in [3.05, 3.63) is 41.7 Å². The van der Waals surface area contributed by atoms with Gasteiger partial charge in [-0.2, -0.15) is 0 Å². The van der Waals surface area contributed by atoms with E-state index in [2.05, 4.69) is 26.1 Å². The molecule has 1 unspecified atom stereocenters. The molecule has 1 atom stereocenters. The number of rotatable bonds is 4. The third-order valence-corrected chi connectivity index (χ3v) is 4.43. The third kappa shape index (κ3) is 4.48. The minimum atomic E-state index is -0.815. The lowest BCUT2D eigenvalue weighted by Crippen LogP contribution is -2.40. The smallest absolute Gasteiger partial charge is 0.313 e. The van der Waals surface area contributed by atoms with Gasteiger partial charge in [-0.1, -0.05) is 13.8 Å². The summed E-state index contributed by atoms with van der Waals surface area (Å²) in [4.78, 5) is 24.6. The van der Waals surface area contributed by atoms with Gasteiger partial charge < -0.3 is 20.5 Å². The number of nitrogens with one attached hydrogen (secondary N) is 3. The molecule has 1 aliphatic heterocycles. The number of amides is 2. The van der Waals surface area contributed by atoms with E-state index in [1.165, 1.54) is 24.3 Å². The van der Waals surface area contributed by atoms with E-state index in [1.807, 2.05) is 18.4 Å². The Kier molecular flexibility index (Phi) is 5.80. The quantitative estimate of drug-likeness (QED) is 0.694. The Hall–Kier alpha value is -2.81. The van der Waals surface area contributed by atoms with Gasteiger partial charge in [-0.05, 0) is 30.2 Å². The molecule has 0 spiro atoms. The zero-order valence-corrected chi connectivity index (χ0v) is 15.3. The molecule has 1 aromatic heterocycles. The van der Waals surface area contributed by atoms with Gasteiger partial charge in [0, 0.05) is 31.7 Å². The molecule has 1 aromatic carbocycles. The van der Waals surface area contributed by atoms with E-state index in [4.69, 9.17) is 0 Å². The van der Waals surface area contributed by atoms with Crippen molar-refractivity contribution in [2.75, 3.05) is 18.4 Å². The molecular formula is C18H23FN6O2. The standard InChI is InChI=1S/C18H23FN6O2/c1-11(2)15(16-24-23-14-7-8-20-9-10-25(14)16)22-18(27)17(26)21-13-5-3-12(19)4-6-13/h3-6,11,15,20H,7-10H2,1-2H3,(H,21,26)(H,22,27). The number of aromatic nitrogens is 3. The fourth-order valence-electron chi connectivity index (χ4n) is 2.98. The Balaban J connectivity index is 1.72. The van der Waals surface area contributed by atoms with Gasteiger partial charge in [0.25, 0.3) is 0 Å². The van der Waals surface area contributed by atoms with Crippen LogP contribution in [0.3, 0.4) is 0 Å². The Bertz CT molecular complexity index is 818. The number of anilines is 1. The second kappa shape index (κ2) is 8.26. The van der Waals surface area contributed by atoms with Crippen molar-refractivity contribution in [2.45, 2.75) is 32.9 Å². The van der Waals surface area contributed by atoms with Crippen LogP contribution in [0.15, 0.2) is 24.3 Å². The van der Waals surface area contributed by atoms with Crippen LogP contribution in [-0.2, 0) is 22.6 Å². The second-order valence-corrected chi connectivity index (χ2v) is 6.78. The summed E-state index contributed by atoms with van der Waals surface area (Å²) >= 11 is 0. The number of hydrogen-bond acceptors (Lipinski definition) is 5.